The van der Waals surface area contributed by atoms with E-state index >= 15 is 0 Å². The van der Waals surface area contributed by atoms with Crippen molar-refractivity contribution < 1.29 is 18.8 Å². The summed E-state index contributed by atoms with van der Waals surface area (Å²) in [5, 5.41) is 15.5. The van der Waals surface area contributed by atoms with E-state index in [4.69, 9.17) is 20.9 Å². The minimum Gasteiger partial charge on any atom is -0.487 e. The molecule has 2 aliphatic heterocycles. The lowest BCUT2D eigenvalue weighted by atomic mass is 9.78. The fraction of sp³-hybridized carbons (Fsp3) is 0.467. The van der Waals surface area contributed by atoms with Crippen LogP contribution in [0.2, 0.25) is 5.02 Å². The molecule has 3 aromatic rings. The van der Waals surface area contributed by atoms with Gasteiger partial charge in [0.05, 0.1) is 23.9 Å². The Bertz CT molecular complexity index is 1450. The summed E-state index contributed by atoms with van der Waals surface area (Å²) in [4.78, 5) is 30.5. The van der Waals surface area contributed by atoms with Crippen LogP contribution in [0.25, 0.3) is 11.0 Å². The van der Waals surface area contributed by atoms with Crippen LogP contribution in [0.15, 0.2) is 40.9 Å². The number of benzene rings is 2. The highest BCUT2D eigenvalue weighted by molar-refractivity contribution is 6.31. The average molecular weight is 547 g/mol. The second kappa shape index (κ2) is 10.9. The predicted molar refractivity (Wildman–Crippen MR) is 145 cm³/mol. The number of likely N-dealkylation sites (tertiary alicyclic amines) is 1. The summed E-state index contributed by atoms with van der Waals surface area (Å²) in [6.07, 6.45) is 5.29. The lowest BCUT2D eigenvalue weighted by molar-refractivity contribution is -0.142. The summed E-state index contributed by atoms with van der Waals surface area (Å²) in [6.45, 7) is 1.72. The molecule has 8 nitrogen and oxygen atoms in total. The molecule has 0 bridgehead atoms. The Balaban J connectivity index is 1.36. The van der Waals surface area contributed by atoms with Gasteiger partial charge in [-0.1, -0.05) is 41.7 Å². The van der Waals surface area contributed by atoms with Gasteiger partial charge in [-0.3, -0.25) is 9.59 Å². The van der Waals surface area contributed by atoms with Gasteiger partial charge in [0.2, 0.25) is 11.8 Å². The minimum absolute atomic E-state index is 0.00281. The zero-order valence-electron chi connectivity index (χ0n) is 21.8. The number of halogens is 1. The molecule has 0 unspecified atom stereocenters. The van der Waals surface area contributed by atoms with Gasteiger partial charge in [0.15, 0.2) is 5.58 Å². The van der Waals surface area contributed by atoms with Crippen LogP contribution in [0.5, 0.6) is 5.75 Å². The van der Waals surface area contributed by atoms with E-state index in [1.807, 2.05) is 46.2 Å². The molecule has 1 aliphatic carbocycles. The number of amides is 2. The molecule has 3 atom stereocenters. The van der Waals surface area contributed by atoms with Crippen LogP contribution in [0.3, 0.4) is 0 Å². The molecule has 3 heterocycles. The van der Waals surface area contributed by atoms with Crippen LogP contribution in [-0.4, -0.2) is 46.4 Å². The number of nitrogens with zero attached hydrogens (tertiary/aromatic N) is 4. The lowest BCUT2D eigenvalue weighted by Crippen LogP contribution is -2.49. The molecule has 2 aromatic carbocycles. The molecule has 2 fully saturated rings. The summed E-state index contributed by atoms with van der Waals surface area (Å²) >= 11 is 6.71. The first-order valence-corrected chi connectivity index (χ1v) is 14.2. The molecule has 6 rings (SSSR count). The number of hydrogen-bond donors (Lipinski definition) is 0. The molecule has 0 N–H and O–H groups in total. The third-order valence-electron chi connectivity index (χ3n) is 8.49. The standard InChI is InChI=1S/C30H31ClN4O4/c31-23-11-12-27(38-18-24-22-8-3-4-9-26(22)39-33-24)29-21(23)13-15-35(25(29)17-34-14-5-10-28(34)36)30(37)20-7-2-1-6-19(20)16-32/h3-4,8-9,11-12,19-20,25H,1-2,5-7,10,13-15,17-18H2/t19-,20-,25-/m1/s1. The number of ether oxygens (including phenoxy) is 1. The van der Waals surface area contributed by atoms with Gasteiger partial charge in [0, 0.05) is 42.0 Å². The van der Waals surface area contributed by atoms with Crippen molar-refractivity contribution in [3.63, 3.8) is 0 Å². The Morgan fingerprint density at radius 1 is 1.13 bits per heavy atom. The van der Waals surface area contributed by atoms with E-state index in [1.54, 1.807) is 0 Å². The summed E-state index contributed by atoms with van der Waals surface area (Å²) in [7, 11) is 0. The van der Waals surface area contributed by atoms with Crippen LogP contribution in [0.4, 0.5) is 0 Å². The fourth-order valence-electron chi connectivity index (χ4n) is 6.45. The van der Waals surface area contributed by atoms with Gasteiger partial charge in [0.25, 0.3) is 0 Å². The number of fused-ring (bicyclic) bond motifs is 2. The summed E-state index contributed by atoms with van der Waals surface area (Å²) in [5.41, 5.74) is 3.17. The largest absolute Gasteiger partial charge is 0.487 e. The fourth-order valence-corrected chi connectivity index (χ4v) is 6.71. The third-order valence-corrected chi connectivity index (χ3v) is 8.84. The molecular formula is C30H31ClN4O4. The summed E-state index contributed by atoms with van der Waals surface area (Å²) in [6, 6.07) is 13.3. The number of aromatic nitrogens is 1. The molecule has 0 radical (unpaired) electrons. The van der Waals surface area contributed by atoms with Crippen molar-refractivity contribution in [2.45, 2.75) is 57.6 Å². The van der Waals surface area contributed by atoms with Gasteiger partial charge >= 0.3 is 0 Å². The first-order chi connectivity index (χ1) is 19.0. The molecule has 9 heteroatoms. The van der Waals surface area contributed by atoms with Gasteiger partial charge in [-0.25, -0.2) is 0 Å². The van der Waals surface area contributed by atoms with E-state index in [0.29, 0.717) is 60.9 Å². The number of para-hydroxylation sites is 1. The minimum atomic E-state index is -0.410. The maximum Gasteiger partial charge on any atom is 0.227 e. The molecular weight excluding hydrogens is 516 g/mol. The number of hydrogen-bond acceptors (Lipinski definition) is 6. The van der Waals surface area contributed by atoms with E-state index in [1.165, 1.54) is 0 Å². The Morgan fingerprint density at radius 3 is 2.79 bits per heavy atom. The second-order valence-electron chi connectivity index (χ2n) is 10.7. The van der Waals surface area contributed by atoms with E-state index in [0.717, 1.165) is 42.2 Å². The van der Waals surface area contributed by atoms with E-state index in [2.05, 4.69) is 11.2 Å². The van der Waals surface area contributed by atoms with Crippen molar-refractivity contribution in [2.75, 3.05) is 19.6 Å². The first-order valence-electron chi connectivity index (χ1n) is 13.8. The second-order valence-corrected chi connectivity index (χ2v) is 11.1. The van der Waals surface area contributed by atoms with Gasteiger partial charge < -0.3 is 19.1 Å². The number of nitriles is 1. The van der Waals surface area contributed by atoms with E-state index < -0.39 is 6.04 Å². The third kappa shape index (κ3) is 4.85. The SMILES string of the molecule is N#C[C@H]1CCCC[C@H]1C(=O)N1CCc2c(Cl)ccc(OCc3noc4ccccc34)c2[C@H]1CN1CCCC1=O. The van der Waals surface area contributed by atoms with Crippen LogP contribution in [0, 0.1) is 23.2 Å². The highest BCUT2D eigenvalue weighted by atomic mass is 35.5. The Labute approximate surface area is 232 Å². The van der Waals surface area contributed by atoms with Crippen molar-refractivity contribution >= 4 is 34.4 Å². The average Bonchev–Trinajstić information content (AvgIpc) is 3.58. The number of carbonyl (C=O) groups excluding carboxylic acids is 2. The number of carbonyl (C=O) groups is 2. The molecule has 1 aromatic heterocycles. The molecule has 2 amide bonds. The van der Waals surface area contributed by atoms with Gasteiger partial charge in [-0.2, -0.15) is 5.26 Å². The number of rotatable bonds is 6. The highest BCUT2D eigenvalue weighted by Crippen LogP contribution is 2.43. The Hall–Kier alpha value is -3.57. The van der Waals surface area contributed by atoms with Crippen molar-refractivity contribution in [3.8, 4) is 11.8 Å². The lowest BCUT2D eigenvalue weighted by Gasteiger charge is -2.42. The molecule has 1 saturated heterocycles. The van der Waals surface area contributed by atoms with E-state index in [9.17, 15) is 14.9 Å². The summed E-state index contributed by atoms with van der Waals surface area (Å²) in [5.74, 6) is 0.109. The normalized spacial score (nSPS) is 23.1. The quantitative estimate of drug-likeness (QED) is 0.408. The zero-order valence-corrected chi connectivity index (χ0v) is 22.5. The monoisotopic (exact) mass is 546 g/mol. The van der Waals surface area contributed by atoms with Crippen molar-refractivity contribution in [1.82, 2.24) is 15.0 Å². The summed E-state index contributed by atoms with van der Waals surface area (Å²) < 4.78 is 11.8. The van der Waals surface area contributed by atoms with E-state index in [-0.39, 0.29) is 30.3 Å². The maximum absolute atomic E-state index is 14.1. The predicted octanol–water partition coefficient (Wildman–Crippen LogP) is 5.44. The molecule has 0 spiro atoms. The van der Waals surface area contributed by atoms with Gasteiger partial charge in [-0.15, -0.1) is 0 Å². The molecule has 3 aliphatic rings. The van der Waals surface area contributed by atoms with Crippen LogP contribution < -0.4 is 4.74 Å². The van der Waals surface area contributed by atoms with Gasteiger partial charge in [-0.05, 0) is 55.5 Å². The van der Waals surface area contributed by atoms with Crippen molar-refractivity contribution in [3.05, 3.63) is 58.2 Å². The van der Waals surface area contributed by atoms with Crippen molar-refractivity contribution in [1.29, 1.82) is 5.26 Å². The van der Waals surface area contributed by atoms with Gasteiger partial charge in [0.1, 0.15) is 18.1 Å². The highest BCUT2D eigenvalue weighted by Gasteiger charge is 2.41. The Kier molecular flexibility index (Phi) is 7.18. The topological polar surface area (TPSA) is 99.7 Å². The zero-order chi connectivity index (χ0) is 26.9. The molecule has 39 heavy (non-hydrogen) atoms. The maximum atomic E-state index is 14.1. The first kappa shape index (κ1) is 25.7. The van der Waals surface area contributed by atoms with Crippen LogP contribution in [-0.2, 0) is 22.6 Å². The van der Waals surface area contributed by atoms with Crippen LogP contribution in [0.1, 0.15) is 61.4 Å². The van der Waals surface area contributed by atoms with Crippen molar-refractivity contribution in [2.24, 2.45) is 11.8 Å². The molecule has 1 saturated carbocycles. The van der Waals surface area contributed by atoms with Crippen LogP contribution >= 0.6 is 11.6 Å². The Morgan fingerprint density at radius 2 is 1.97 bits per heavy atom. The molecule has 202 valence electrons. The smallest absolute Gasteiger partial charge is 0.227 e.